The van der Waals surface area contributed by atoms with Crippen LogP contribution in [-0.2, 0) is 4.79 Å². The summed E-state index contributed by atoms with van der Waals surface area (Å²) in [5.74, 6) is 0.173. The van der Waals surface area contributed by atoms with Crippen LogP contribution in [0.1, 0.15) is 10.4 Å². The second-order valence-corrected chi connectivity index (χ2v) is 5.25. The highest BCUT2D eigenvalue weighted by molar-refractivity contribution is 6.12. The Morgan fingerprint density at radius 1 is 1.17 bits per heavy atom. The lowest BCUT2D eigenvalue weighted by molar-refractivity contribution is -0.118. The van der Waals surface area contributed by atoms with E-state index in [0.717, 1.165) is 10.9 Å². The Hall–Kier alpha value is -3.28. The van der Waals surface area contributed by atoms with E-state index in [4.69, 9.17) is 4.74 Å². The lowest BCUT2D eigenvalue weighted by Gasteiger charge is -2.18. The Bertz CT molecular complexity index is 930. The van der Waals surface area contributed by atoms with Crippen LogP contribution < -0.4 is 15.4 Å². The number of benzene rings is 2. The first-order valence-corrected chi connectivity index (χ1v) is 7.15. The monoisotopic (exact) mass is 307 g/mol. The summed E-state index contributed by atoms with van der Waals surface area (Å²) in [4.78, 5) is 27.0. The van der Waals surface area contributed by atoms with Crippen molar-refractivity contribution >= 4 is 34.1 Å². The maximum atomic E-state index is 12.5. The van der Waals surface area contributed by atoms with E-state index in [1.807, 2.05) is 18.2 Å². The van der Waals surface area contributed by atoms with Gasteiger partial charge in [0.2, 0.25) is 0 Å². The number of fused-ring (bicyclic) bond motifs is 2. The molecule has 0 unspecified atom stereocenters. The van der Waals surface area contributed by atoms with Crippen LogP contribution in [0.5, 0.6) is 5.75 Å². The Morgan fingerprint density at radius 2 is 2.09 bits per heavy atom. The van der Waals surface area contributed by atoms with Crippen molar-refractivity contribution in [1.29, 1.82) is 0 Å². The second kappa shape index (κ2) is 5.17. The van der Waals surface area contributed by atoms with E-state index in [9.17, 15) is 9.59 Å². The molecule has 1 aromatic heterocycles. The summed E-state index contributed by atoms with van der Waals surface area (Å²) in [5, 5.41) is 6.42. The Morgan fingerprint density at radius 3 is 3.00 bits per heavy atom. The molecule has 3 N–H and O–H groups in total. The van der Waals surface area contributed by atoms with Crippen molar-refractivity contribution in [3.8, 4) is 5.75 Å². The van der Waals surface area contributed by atoms with Crippen LogP contribution in [-0.4, -0.2) is 23.4 Å². The lowest BCUT2D eigenvalue weighted by Crippen LogP contribution is -2.25. The lowest BCUT2D eigenvalue weighted by atomic mass is 10.1. The summed E-state index contributed by atoms with van der Waals surface area (Å²) in [6, 6.07) is 12.5. The van der Waals surface area contributed by atoms with Gasteiger partial charge in [-0.25, -0.2) is 0 Å². The topological polar surface area (TPSA) is 83.2 Å². The summed E-state index contributed by atoms with van der Waals surface area (Å²) in [6.07, 6.45) is 1.80. The van der Waals surface area contributed by atoms with Gasteiger partial charge in [-0.3, -0.25) is 9.59 Å². The fourth-order valence-electron chi connectivity index (χ4n) is 2.64. The molecule has 2 aromatic carbocycles. The molecule has 114 valence electrons. The molecule has 0 fully saturated rings. The van der Waals surface area contributed by atoms with E-state index < -0.39 is 0 Å². The molecule has 6 nitrogen and oxygen atoms in total. The third kappa shape index (κ3) is 2.40. The number of carbonyl (C=O) groups is 2. The first-order valence-electron chi connectivity index (χ1n) is 7.15. The van der Waals surface area contributed by atoms with Crippen molar-refractivity contribution < 1.29 is 14.3 Å². The van der Waals surface area contributed by atoms with E-state index in [1.165, 1.54) is 0 Å². The van der Waals surface area contributed by atoms with Crippen LogP contribution in [0.2, 0.25) is 0 Å². The number of rotatable bonds is 2. The summed E-state index contributed by atoms with van der Waals surface area (Å²) in [5.41, 5.74) is 2.64. The van der Waals surface area contributed by atoms with Crippen LogP contribution >= 0.6 is 0 Å². The van der Waals surface area contributed by atoms with Crippen molar-refractivity contribution in [2.45, 2.75) is 0 Å². The van der Waals surface area contributed by atoms with Gasteiger partial charge in [-0.05, 0) is 36.4 Å². The number of H-pyrrole nitrogens is 1. The van der Waals surface area contributed by atoms with Gasteiger partial charge in [0.25, 0.3) is 11.8 Å². The maximum Gasteiger partial charge on any atom is 0.262 e. The van der Waals surface area contributed by atoms with Gasteiger partial charge >= 0.3 is 0 Å². The molecule has 3 aromatic rings. The number of hydrogen-bond acceptors (Lipinski definition) is 3. The highest BCUT2D eigenvalue weighted by Gasteiger charge is 2.17. The molecule has 23 heavy (non-hydrogen) atoms. The molecule has 0 saturated carbocycles. The molecule has 0 radical (unpaired) electrons. The molecular formula is C17H13N3O3. The minimum absolute atomic E-state index is 0.00813. The fraction of sp³-hybridized carbons (Fsp3) is 0.0588. The van der Waals surface area contributed by atoms with E-state index in [0.29, 0.717) is 22.7 Å². The van der Waals surface area contributed by atoms with Crippen molar-refractivity contribution in [2.24, 2.45) is 0 Å². The van der Waals surface area contributed by atoms with Gasteiger partial charge in [0, 0.05) is 28.4 Å². The predicted molar refractivity (Wildman–Crippen MR) is 86.8 cm³/mol. The summed E-state index contributed by atoms with van der Waals surface area (Å²) >= 11 is 0. The largest absolute Gasteiger partial charge is 0.482 e. The van der Waals surface area contributed by atoms with Gasteiger partial charge in [-0.2, -0.15) is 0 Å². The van der Waals surface area contributed by atoms with Crippen molar-refractivity contribution in [3.05, 3.63) is 54.2 Å². The van der Waals surface area contributed by atoms with Gasteiger partial charge in [-0.1, -0.05) is 6.07 Å². The number of aromatic amines is 1. The average molecular weight is 307 g/mol. The van der Waals surface area contributed by atoms with Crippen LogP contribution in [0.4, 0.5) is 11.4 Å². The van der Waals surface area contributed by atoms with Crippen LogP contribution in [0.15, 0.2) is 48.7 Å². The zero-order chi connectivity index (χ0) is 15.8. The van der Waals surface area contributed by atoms with E-state index in [2.05, 4.69) is 15.6 Å². The summed E-state index contributed by atoms with van der Waals surface area (Å²) in [6.45, 7) is 0.00813. The number of hydrogen-bond donors (Lipinski definition) is 3. The standard InChI is InChI=1S/C17H13N3O3/c21-16-9-23-15-5-4-10(8-14(15)20-16)19-17(22)12-2-1-3-13-11(12)6-7-18-13/h1-8,18H,9H2,(H,19,22)(H,20,21). The van der Waals surface area contributed by atoms with Gasteiger partial charge in [0.1, 0.15) is 5.75 Å². The van der Waals surface area contributed by atoms with E-state index in [1.54, 1.807) is 30.5 Å². The first kappa shape index (κ1) is 13.4. The van der Waals surface area contributed by atoms with E-state index in [-0.39, 0.29) is 18.4 Å². The molecule has 0 atom stereocenters. The summed E-state index contributed by atoms with van der Waals surface area (Å²) in [7, 11) is 0. The molecule has 1 aliphatic rings. The smallest absolute Gasteiger partial charge is 0.262 e. The SMILES string of the molecule is O=C1COc2ccc(NC(=O)c3cccc4[nH]ccc34)cc2N1. The zero-order valence-corrected chi connectivity index (χ0v) is 12.1. The maximum absolute atomic E-state index is 12.5. The molecule has 4 rings (SSSR count). The van der Waals surface area contributed by atoms with Gasteiger partial charge < -0.3 is 20.4 Å². The zero-order valence-electron chi connectivity index (χ0n) is 12.1. The molecule has 2 heterocycles. The molecule has 0 bridgehead atoms. The quantitative estimate of drug-likeness (QED) is 0.680. The van der Waals surface area contributed by atoms with Gasteiger partial charge in [-0.15, -0.1) is 0 Å². The van der Waals surface area contributed by atoms with Crippen LogP contribution in [0.3, 0.4) is 0 Å². The highest BCUT2D eigenvalue weighted by Crippen LogP contribution is 2.30. The minimum atomic E-state index is -0.210. The van der Waals surface area contributed by atoms with E-state index >= 15 is 0 Å². The Balaban J connectivity index is 1.63. The Labute approximate surface area is 131 Å². The molecule has 6 heteroatoms. The molecular weight excluding hydrogens is 294 g/mol. The normalized spacial score (nSPS) is 13.1. The van der Waals surface area contributed by atoms with Crippen LogP contribution in [0, 0.1) is 0 Å². The minimum Gasteiger partial charge on any atom is -0.482 e. The third-order valence-corrected chi connectivity index (χ3v) is 3.71. The number of ether oxygens (including phenoxy) is 1. The van der Waals surface area contributed by atoms with Crippen LogP contribution in [0.25, 0.3) is 10.9 Å². The van der Waals surface area contributed by atoms with Crippen molar-refractivity contribution in [3.63, 3.8) is 0 Å². The fourth-order valence-corrected chi connectivity index (χ4v) is 2.64. The molecule has 1 aliphatic heterocycles. The second-order valence-electron chi connectivity index (χ2n) is 5.25. The number of nitrogens with one attached hydrogen (secondary N) is 3. The average Bonchev–Trinajstić information content (AvgIpc) is 3.02. The van der Waals surface area contributed by atoms with Crippen molar-refractivity contribution in [1.82, 2.24) is 4.98 Å². The molecule has 0 saturated heterocycles. The molecule has 0 aliphatic carbocycles. The molecule has 0 spiro atoms. The third-order valence-electron chi connectivity index (χ3n) is 3.71. The Kier molecular flexibility index (Phi) is 3.01. The van der Waals surface area contributed by atoms with Crippen molar-refractivity contribution in [2.75, 3.05) is 17.2 Å². The highest BCUT2D eigenvalue weighted by atomic mass is 16.5. The number of carbonyl (C=O) groups excluding carboxylic acids is 2. The van der Waals surface area contributed by atoms with Gasteiger partial charge in [0.05, 0.1) is 5.69 Å². The predicted octanol–water partition coefficient (Wildman–Crippen LogP) is 2.75. The molecule has 2 amide bonds. The number of amides is 2. The summed E-state index contributed by atoms with van der Waals surface area (Å²) < 4.78 is 5.30. The number of aromatic nitrogens is 1. The van der Waals surface area contributed by atoms with Gasteiger partial charge in [0.15, 0.2) is 6.61 Å². The number of anilines is 2. The first-order chi connectivity index (χ1) is 11.2.